The predicted molar refractivity (Wildman–Crippen MR) is 99.5 cm³/mol. The molecule has 2 aliphatic heterocycles. The van der Waals surface area contributed by atoms with E-state index in [2.05, 4.69) is 5.32 Å². The number of hydrogen-bond acceptors (Lipinski definition) is 3. The van der Waals surface area contributed by atoms with Crippen molar-refractivity contribution in [1.82, 2.24) is 10.2 Å². The van der Waals surface area contributed by atoms with E-state index in [1.165, 1.54) is 0 Å². The fraction of sp³-hybridized carbons (Fsp3) is 0.588. The second-order valence-corrected chi connectivity index (χ2v) is 7.32. The molecular formula is C17H23Cl3N2O2. The minimum atomic E-state index is -0.541. The molecule has 0 spiro atoms. The van der Waals surface area contributed by atoms with Crippen molar-refractivity contribution in [2.75, 3.05) is 26.2 Å². The van der Waals surface area contributed by atoms with Gasteiger partial charge in [0, 0.05) is 23.1 Å². The number of carbonyl (C=O) groups excluding carboxylic acids is 1. The van der Waals surface area contributed by atoms with Gasteiger partial charge in [0.1, 0.15) is 5.75 Å². The highest BCUT2D eigenvalue weighted by Crippen LogP contribution is 2.28. The lowest BCUT2D eigenvalue weighted by Gasteiger charge is -2.25. The molecule has 134 valence electrons. The lowest BCUT2D eigenvalue weighted by atomic mass is 9.92. The van der Waals surface area contributed by atoms with Crippen molar-refractivity contribution in [3.63, 3.8) is 0 Å². The van der Waals surface area contributed by atoms with Crippen molar-refractivity contribution >= 4 is 41.5 Å². The van der Waals surface area contributed by atoms with E-state index in [-0.39, 0.29) is 18.3 Å². The van der Waals surface area contributed by atoms with Gasteiger partial charge in [-0.3, -0.25) is 4.79 Å². The average molecular weight is 394 g/mol. The van der Waals surface area contributed by atoms with E-state index in [0.717, 1.165) is 39.0 Å². The molecule has 7 heteroatoms. The fourth-order valence-corrected chi connectivity index (χ4v) is 4.05. The summed E-state index contributed by atoms with van der Waals surface area (Å²) in [5.74, 6) is 1.97. The van der Waals surface area contributed by atoms with Gasteiger partial charge in [0.05, 0.1) is 0 Å². The average Bonchev–Trinajstić information content (AvgIpc) is 2.84. The molecule has 0 aliphatic carbocycles. The van der Waals surface area contributed by atoms with Crippen LogP contribution in [0.5, 0.6) is 5.75 Å². The minimum Gasteiger partial charge on any atom is -0.481 e. The number of likely N-dealkylation sites (tertiary alicyclic amines) is 1. The molecule has 3 atom stereocenters. The van der Waals surface area contributed by atoms with Crippen LogP contribution in [0.3, 0.4) is 0 Å². The molecule has 1 aromatic rings. The van der Waals surface area contributed by atoms with Crippen LogP contribution in [0.4, 0.5) is 0 Å². The Morgan fingerprint density at radius 3 is 2.25 bits per heavy atom. The van der Waals surface area contributed by atoms with Crippen LogP contribution in [0.15, 0.2) is 18.2 Å². The van der Waals surface area contributed by atoms with Gasteiger partial charge in [-0.05, 0) is 62.9 Å². The molecule has 3 rings (SSSR count). The van der Waals surface area contributed by atoms with Crippen molar-refractivity contribution in [1.29, 1.82) is 0 Å². The number of fused-ring (bicyclic) bond motifs is 1. The number of nitrogens with zero attached hydrogens (tertiary/aromatic N) is 1. The third kappa shape index (κ3) is 4.69. The number of benzene rings is 1. The summed E-state index contributed by atoms with van der Waals surface area (Å²) in [7, 11) is 0. The van der Waals surface area contributed by atoms with Crippen LogP contribution < -0.4 is 10.1 Å². The number of ether oxygens (including phenoxy) is 1. The summed E-state index contributed by atoms with van der Waals surface area (Å²) in [6, 6.07) is 5.00. The van der Waals surface area contributed by atoms with Crippen molar-refractivity contribution in [2.24, 2.45) is 11.8 Å². The highest BCUT2D eigenvalue weighted by atomic mass is 35.5. The van der Waals surface area contributed by atoms with Gasteiger partial charge in [-0.15, -0.1) is 12.4 Å². The maximum Gasteiger partial charge on any atom is 0.263 e. The molecule has 1 N–H and O–H groups in total. The lowest BCUT2D eigenvalue weighted by molar-refractivity contribution is -0.137. The van der Waals surface area contributed by atoms with Crippen molar-refractivity contribution in [2.45, 2.75) is 25.9 Å². The second kappa shape index (κ2) is 8.61. The molecule has 1 amide bonds. The Morgan fingerprint density at radius 1 is 1.17 bits per heavy atom. The number of amides is 1. The van der Waals surface area contributed by atoms with Gasteiger partial charge >= 0.3 is 0 Å². The first-order chi connectivity index (χ1) is 11.0. The van der Waals surface area contributed by atoms with Crippen LogP contribution in [0.1, 0.15) is 19.8 Å². The summed E-state index contributed by atoms with van der Waals surface area (Å²) in [6.07, 6.45) is 1.60. The van der Waals surface area contributed by atoms with Gasteiger partial charge in [-0.25, -0.2) is 0 Å². The highest BCUT2D eigenvalue weighted by molar-refractivity contribution is 6.34. The molecule has 1 aromatic carbocycles. The molecule has 24 heavy (non-hydrogen) atoms. The Kier molecular flexibility index (Phi) is 7.05. The first-order valence-corrected chi connectivity index (χ1v) is 8.91. The highest BCUT2D eigenvalue weighted by Gasteiger charge is 2.32. The van der Waals surface area contributed by atoms with Crippen molar-refractivity contribution < 1.29 is 9.53 Å². The smallest absolute Gasteiger partial charge is 0.263 e. The zero-order valence-corrected chi connectivity index (χ0v) is 16.0. The zero-order chi connectivity index (χ0) is 16.4. The summed E-state index contributed by atoms with van der Waals surface area (Å²) < 4.78 is 5.75. The molecule has 4 nitrogen and oxygen atoms in total. The van der Waals surface area contributed by atoms with Crippen LogP contribution in [-0.2, 0) is 4.79 Å². The van der Waals surface area contributed by atoms with Crippen molar-refractivity contribution in [3.05, 3.63) is 28.2 Å². The molecular weight excluding hydrogens is 371 g/mol. The standard InChI is InChI=1S/C17H22Cl2N2O2.ClH/c1-11(23-16-7-14(18)6-15(19)8-16)17(22)21-4-2-12-9-20-10-13(12)3-5-21;/h6-8,11-13,20H,2-5,9-10H2,1H3;1H/t11?,12-,13+;. The normalized spacial score (nSPS) is 24.5. The largest absolute Gasteiger partial charge is 0.481 e. The summed E-state index contributed by atoms with van der Waals surface area (Å²) >= 11 is 11.9. The molecule has 0 saturated carbocycles. The third-order valence-corrected chi connectivity index (χ3v) is 5.26. The number of halogens is 3. The number of rotatable bonds is 3. The molecule has 0 radical (unpaired) electrons. The van der Waals surface area contributed by atoms with E-state index >= 15 is 0 Å². The first kappa shape index (κ1) is 19.6. The molecule has 0 aromatic heterocycles. The van der Waals surface area contributed by atoms with Gasteiger partial charge in [0.15, 0.2) is 6.10 Å². The zero-order valence-electron chi connectivity index (χ0n) is 13.6. The SMILES string of the molecule is CC(Oc1cc(Cl)cc(Cl)c1)C(=O)N1CC[C@@H]2CNC[C@@H]2CC1.Cl. The fourth-order valence-electron chi connectivity index (χ4n) is 3.55. The number of hydrogen-bond donors (Lipinski definition) is 1. The Morgan fingerprint density at radius 2 is 1.71 bits per heavy atom. The molecule has 2 fully saturated rings. The van der Waals surface area contributed by atoms with E-state index in [4.69, 9.17) is 27.9 Å². The summed E-state index contributed by atoms with van der Waals surface area (Å²) in [6.45, 7) is 5.57. The van der Waals surface area contributed by atoms with E-state index in [9.17, 15) is 4.79 Å². The molecule has 2 saturated heterocycles. The van der Waals surface area contributed by atoms with E-state index in [1.54, 1.807) is 25.1 Å². The van der Waals surface area contributed by atoms with Crippen LogP contribution in [-0.4, -0.2) is 43.1 Å². The van der Waals surface area contributed by atoms with Gasteiger partial charge in [-0.1, -0.05) is 23.2 Å². The minimum absolute atomic E-state index is 0. The van der Waals surface area contributed by atoms with E-state index in [0.29, 0.717) is 27.6 Å². The Labute approximate surface area is 159 Å². The molecule has 2 heterocycles. The number of nitrogens with one attached hydrogen (secondary N) is 1. The van der Waals surface area contributed by atoms with Crippen LogP contribution in [0.2, 0.25) is 10.0 Å². The first-order valence-electron chi connectivity index (χ1n) is 8.15. The molecule has 2 aliphatic rings. The Hall–Kier alpha value is -0.680. The van der Waals surface area contributed by atoms with Crippen LogP contribution in [0.25, 0.3) is 0 Å². The Balaban J connectivity index is 0.00000208. The summed E-state index contributed by atoms with van der Waals surface area (Å²) in [4.78, 5) is 14.6. The van der Waals surface area contributed by atoms with Gasteiger partial charge in [-0.2, -0.15) is 0 Å². The molecule has 1 unspecified atom stereocenters. The van der Waals surface area contributed by atoms with Gasteiger partial charge in [0.2, 0.25) is 0 Å². The van der Waals surface area contributed by atoms with Crippen molar-refractivity contribution in [3.8, 4) is 5.75 Å². The monoisotopic (exact) mass is 392 g/mol. The van der Waals surface area contributed by atoms with E-state index in [1.807, 2.05) is 4.90 Å². The quantitative estimate of drug-likeness (QED) is 0.852. The molecule has 0 bridgehead atoms. The van der Waals surface area contributed by atoms with Crippen LogP contribution in [0, 0.1) is 11.8 Å². The predicted octanol–water partition coefficient (Wildman–Crippen LogP) is 3.64. The maximum atomic E-state index is 12.7. The summed E-state index contributed by atoms with van der Waals surface area (Å²) in [5, 5.41) is 4.45. The van der Waals surface area contributed by atoms with Crippen LogP contribution >= 0.6 is 35.6 Å². The van der Waals surface area contributed by atoms with Gasteiger partial charge < -0.3 is 15.0 Å². The van der Waals surface area contributed by atoms with E-state index < -0.39 is 6.10 Å². The second-order valence-electron chi connectivity index (χ2n) is 6.45. The maximum absolute atomic E-state index is 12.7. The lowest BCUT2D eigenvalue weighted by Crippen LogP contribution is -2.41. The summed E-state index contributed by atoms with van der Waals surface area (Å²) in [5.41, 5.74) is 0. The Bertz CT molecular complexity index is 551. The topological polar surface area (TPSA) is 41.6 Å². The number of carbonyl (C=O) groups is 1. The third-order valence-electron chi connectivity index (χ3n) is 4.83. The van der Waals surface area contributed by atoms with Gasteiger partial charge in [0.25, 0.3) is 5.91 Å².